The van der Waals surface area contributed by atoms with Gasteiger partial charge in [0.25, 0.3) is 0 Å². The van der Waals surface area contributed by atoms with E-state index >= 15 is 0 Å². The fourth-order valence-corrected chi connectivity index (χ4v) is 1.89. The van der Waals surface area contributed by atoms with Crippen molar-refractivity contribution in [3.8, 4) is 17.2 Å². The summed E-state index contributed by atoms with van der Waals surface area (Å²) in [4.78, 5) is 34.5. The van der Waals surface area contributed by atoms with Gasteiger partial charge in [-0.1, -0.05) is 13.8 Å². The fraction of sp³-hybridized carbons (Fsp3) is 0.353. The maximum absolute atomic E-state index is 11.7. The topological polar surface area (TPSA) is 99.1 Å². The predicted molar refractivity (Wildman–Crippen MR) is 86.4 cm³/mol. The molecule has 0 heterocycles. The number of hydrogen-bond donors (Lipinski definition) is 1. The molecule has 0 saturated carbocycles. The van der Waals surface area contributed by atoms with E-state index in [0.717, 1.165) is 0 Å². The molecule has 7 nitrogen and oxygen atoms in total. The number of methoxy groups -OCH3 is 2. The van der Waals surface area contributed by atoms with Crippen LogP contribution in [-0.4, -0.2) is 37.0 Å². The molecule has 1 aromatic carbocycles. The Morgan fingerprint density at radius 1 is 1.04 bits per heavy atom. The number of carbonyl (C=O) groups excluding carboxylic acids is 2. The zero-order valence-electron chi connectivity index (χ0n) is 14.0. The van der Waals surface area contributed by atoms with Gasteiger partial charge in [-0.2, -0.15) is 0 Å². The van der Waals surface area contributed by atoms with Gasteiger partial charge in [-0.05, 0) is 23.8 Å². The van der Waals surface area contributed by atoms with E-state index in [9.17, 15) is 19.5 Å². The fourth-order valence-electron chi connectivity index (χ4n) is 1.89. The standard InChI is InChI=1S/C17H20O7/c1-5-12(18)11(17(20)21)7-10-8-13(22-3)16(14(9-10)23-4)24-15(19)6-2/h7-9H,5-6H2,1-4H3,(H,20,21)/b11-7+. The molecule has 0 aliphatic heterocycles. The third-order valence-corrected chi connectivity index (χ3v) is 3.15. The first-order valence-electron chi connectivity index (χ1n) is 7.32. The number of ether oxygens (including phenoxy) is 3. The second-order valence-corrected chi connectivity index (χ2v) is 4.72. The summed E-state index contributed by atoms with van der Waals surface area (Å²) in [5, 5.41) is 9.17. The second kappa shape index (κ2) is 8.71. The van der Waals surface area contributed by atoms with Gasteiger partial charge in [-0.25, -0.2) is 4.79 Å². The van der Waals surface area contributed by atoms with Gasteiger partial charge in [0.1, 0.15) is 5.57 Å². The van der Waals surface area contributed by atoms with Crippen molar-refractivity contribution >= 4 is 23.8 Å². The number of esters is 1. The Bertz CT molecular complexity index is 649. The number of carbonyl (C=O) groups is 3. The number of ketones is 1. The summed E-state index contributed by atoms with van der Waals surface area (Å²) in [6.07, 6.45) is 1.46. The molecule has 0 aromatic heterocycles. The molecular formula is C17H20O7. The van der Waals surface area contributed by atoms with Gasteiger partial charge in [0.05, 0.1) is 14.2 Å². The highest BCUT2D eigenvalue weighted by Gasteiger charge is 2.19. The quantitative estimate of drug-likeness (QED) is 0.256. The summed E-state index contributed by atoms with van der Waals surface area (Å²) in [5.74, 6) is -1.81. The van der Waals surface area contributed by atoms with Crippen molar-refractivity contribution in [2.45, 2.75) is 26.7 Å². The van der Waals surface area contributed by atoms with Crippen LogP contribution in [0.3, 0.4) is 0 Å². The molecule has 0 saturated heterocycles. The molecule has 0 fully saturated rings. The highest BCUT2D eigenvalue weighted by Crippen LogP contribution is 2.39. The summed E-state index contributed by atoms with van der Waals surface area (Å²) in [6.45, 7) is 3.22. The van der Waals surface area contributed by atoms with Crippen molar-refractivity contribution in [1.82, 2.24) is 0 Å². The Hall–Kier alpha value is -2.83. The molecule has 0 bridgehead atoms. The molecule has 0 aliphatic rings. The van der Waals surface area contributed by atoms with Gasteiger partial charge >= 0.3 is 11.9 Å². The minimum absolute atomic E-state index is 0.0681. The van der Waals surface area contributed by atoms with Crippen molar-refractivity contribution in [3.63, 3.8) is 0 Å². The Morgan fingerprint density at radius 3 is 1.96 bits per heavy atom. The highest BCUT2D eigenvalue weighted by molar-refractivity contribution is 6.19. The van der Waals surface area contributed by atoms with E-state index in [-0.39, 0.29) is 35.7 Å². The lowest BCUT2D eigenvalue weighted by Crippen LogP contribution is -2.11. The number of Topliss-reactive ketones (excluding diaryl/α,β-unsaturated/α-hetero) is 1. The van der Waals surface area contributed by atoms with Crippen LogP contribution in [0.2, 0.25) is 0 Å². The zero-order chi connectivity index (χ0) is 18.3. The van der Waals surface area contributed by atoms with Gasteiger partial charge < -0.3 is 19.3 Å². The van der Waals surface area contributed by atoms with Crippen molar-refractivity contribution in [3.05, 3.63) is 23.3 Å². The zero-order valence-corrected chi connectivity index (χ0v) is 14.0. The maximum Gasteiger partial charge on any atom is 0.339 e. The third-order valence-electron chi connectivity index (χ3n) is 3.15. The number of hydrogen-bond acceptors (Lipinski definition) is 6. The van der Waals surface area contributed by atoms with Crippen LogP contribution in [-0.2, 0) is 14.4 Å². The third kappa shape index (κ3) is 4.58. The average Bonchev–Trinajstić information content (AvgIpc) is 2.58. The SMILES string of the molecule is CCC(=O)Oc1c(OC)cc(/C=C(/C(=O)O)C(=O)CC)cc1OC. The second-order valence-electron chi connectivity index (χ2n) is 4.72. The first-order chi connectivity index (χ1) is 11.4. The van der Waals surface area contributed by atoms with Crippen LogP contribution in [0.4, 0.5) is 0 Å². The van der Waals surface area contributed by atoms with E-state index in [1.807, 2.05) is 0 Å². The minimum atomic E-state index is -1.32. The summed E-state index contributed by atoms with van der Waals surface area (Å²) >= 11 is 0. The van der Waals surface area contributed by atoms with E-state index in [0.29, 0.717) is 5.56 Å². The lowest BCUT2D eigenvalue weighted by Gasteiger charge is -2.14. The first kappa shape index (κ1) is 19.2. The molecule has 0 aliphatic carbocycles. The molecule has 0 radical (unpaired) electrons. The number of aliphatic carboxylic acids is 1. The smallest absolute Gasteiger partial charge is 0.339 e. The van der Waals surface area contributed by atoms with Gasteiger partial charge in [0, 0.05) is 12.8 Å². The summed E-state index contributed by atoms with van der Waals surface area (Å²) < 4.78 is 15.6. The molecule has 7 heteroatoms. The van der Waals surface area contributed by atoms with E-state index < -0.39 is 17.7 Å². The summed E-state index contributed by atoms with van der Waals surface area (Å²) in [5.41, 5.74) is 0.0270. The van der Waals surface area contributed by atoms with E-state index in [1.54, 1.807) is 13.8 Å². The Morgan fingerprint density at radius 2 is 1.58 bits per heavy atom. The molecule has 24 heavy (non-hydrogen) atoms. The molecule has 0 amide bonds. The number of carboxylic acids is 1. The minimum Gasteiger partial charge on any atom is -0.493 e. The highest BCUT2D eigenvalue weighted by atomic mass is 16.6. The van der Waals surface area contributed by atoms with Crippen LogP contribution < -0.4 is 14.2 Å². The van der Waals surface area contributed by atoms with Crippen molar-refractivity contribution < 1.29 is 33.7 Å². The van der Waals surface area contributed by atoms with Crippen molar-refractivity contribution in [1.29, 1.82) is 0 Å². The summed E-state index contributed by atoms with van der Waals surface area (Å²) in [6, 6.07) is 2.93. The molecule has 0 spiro atoms. The van der Waals surface area contributed by atoms with Crippen LogP contribution in [0.25, 0.3) is 6.08 Å². The van der Waals surface area contributed by atoms with Gasteiger partial charge in [-0.3, -0.25) is 9.59 Å². The van der Waals surface area contributed by atoms with E-state index in [1.165, 1.54) is 32.4 Å². The van der Waals surface area contributed by atoms with Crippen LogP contribution in [0.15, 0.2) is 17.7 Å². The Labute approximate surface area is 139 Å². The molecular weight excluding hydrogens is 316 g/mol. The molecule has 1 rings (SSSR count). The molecule has 0 atom stereocenters. The van der Waals surface area contributed by atoms with Crippen LogP contribution >= 0.6 is 0 Å². The molecule has 130 valence electrons. The Balaban J connectivity index is 3.44. The Kier molecular flexibility index (Phi) is 6.98. The number of rotatable bonds is 8. The van der Waals surface area contributed by atoms with Gasteiger partial charge in [-0.15, -0.1) is 0 Å². The van der Waals surface area contributed by atoms with Gasteiger partial charge in [0.2, 0.25) is 5.75 Å². The number of carboxylic acid groups (broad SMARTS) is 1. The van der Waals surface area contributed by atoms with Gasteiger partial charge in [0.15, 0.2) is 17.3 Å². The summed E-state index contributed by atoms with van der Waals surface area (Å²) in [7, 11) is 2.75. The maximum atomic E-state index is 11.7. The van der Waals surface area contributed by atoms with E-state index in [2.05, 4.69) is 0 Å². The van der Waals surface area contributed by atoms with Crippen molar-refractivity contribution in [2.24, 2.45) is 0 Å². The number of benzene rings is 1. The molecule has 1 N–H and O–H groups in total. The lowest BCUT2D eigenvalue weighted by molar-refractivity contribution is -0.135. The monoisotopic (exact) mass is 336 g/mol. The van der Waals surface area contributed by atoms with E-state index in [4.69, 9.17) is 14.2 Å². The van der Waals surface area contributed by atoms with Crippen LogP contribution in [0.1, 0.15) is 32.3 Å². The average molecular weight is 336 g/mol. The van der Waals surface area contributed by atoms with Crippen LogP contribution in [0.5, 0.6) is 17.2 Å². The normalized spacial score (nSPS) is 10.9. The van der Waals surface area contributed by atoms with Crippen LogP contribution in [0, 0.1) is 0 Å². The van der Waals surface area contributed by atoms with Crippen molar-refractivity contribution in [2.75, 3.05) is 14.2 Å². The molecule has 1 aromatic rings. The predicted octanol–water partition coefficient (Wildman–Crippen LogP) is 2.47. The molecule has 0 unspecified atom stereocenters. The lowest BCUT2D eigenvalue weighted by atomic mass is 10.0. The first-order valence-corrected chi connectivity index (χ1v) is 7.32. The largest absolute Gasteiger partial charge is 0.493 e.